The molecule has 0 aliphatic heterocycles. The molecule has 5 nitrogen and oxygen atoms in total. The Labute approximate surface area is 102 Å². The largest absolute Gasteiger partial charge is 0.481 e. The third-order valence-electron chi connectivity index (χ3n) is 3.45. The van der Waals surface area contributed by atoms with Gasteiger partial charge in [0.25, 0.3) is 0 Å². The zero-order chi connectivity index (χ0) is 12.8. The van der Waals surface area contributed by atoms with Crippen LogP contribution in [0, 0.1) is 11.8 Å². The summed E-state index contributed by atoms with van der Waals surface area (Å²) in [5.74, 6) is -1.63. The van der Waals surface area contributed by atoms with Gasteiger partial charge in [0.15, 0.2) is 0 Å². The first-order valence-electron chi connectivity index (χ1n) is 6.20. The van der Waals surface area contributed by atoms with Gasteiger partial charge in [-0.1, -0.05) is 6.42 Å². The van der Waals surface area contributed by atoms with Gasteiger partial charge < -0.3 is 15.3 Å². The van der Waals surface area contributed by atoms with Gasteiger partial charge in [0.05, 0.1) is 11.8 Å². The molecule has 0 saturated heterocycles. The molecule has 0 aromatic carbocycles. The second kappa shape index (κ2) is 6.59. The van der Waals surface area contributed by atoms with E-state index < -0.39 is 11.9 Å². The molecule has 1 aliphatic carbocycles. The quantitative estimate of drug-likeness (QED) is 0.668. The smallest absolute Gasteiger partial charge is 0.307 e. The fourth-order valence-corrected chi connectivity index (χ4v) is 2.44. The van der Waals surface area contributed by atoms with Gasteiger partial charge in [-0.2, -0.15) is 0 Å². The van der Waals surface area contributed by atoms with E-state index in [1.54, 1.807) is 11.9 Å². The van der Waals surface area contributed by atoms with Crippen LogP contribution in [-0.2, 0) is 9.59 Å². The van der Waals surface area contributed by atoms with Gasteiger partial charge in [-0.05, 0) is 32.9 Å². The standard InChI is InChI=1S/C12H22N2O3/c1-13-7-4-8-14(2)11(15)9-5-3-6-10(9)12(16)17/h9-10,13H,3-8H2,1-2H3,(H,16,17). The highest BCUT2D eigenvalue weighted by atomic mass is 16.4. The fourth-order valence-electron chi connectivity index (χ4n) is 2.44. The van der Waals surface area contributed by atoms with Crippen molar-refractivity contribution in [2.24, 2.45) is 11.8 Å². The van der Waals surface area contributed by atoms with Crippen molar-refractivity contribution < 1.29 is 14.7 Å². The predicted molar refractivity (Wildman–Crippen MR) is 64.6 cm³/mol. The summed E-state index contributed by atoms with van der Waals surface area (Å²) < 4.78 is 0. The van der Waals surface area contributed by atoms with E-state index in [-0.39, 0.29) is 11.8 Å². The number of nitrogens with one attached hydrogen (secondary N) is 1. The summed E-state index contributed by atoms with van der Waals surface area (Å²) in [5.41, 5.74) is 0. The van der Waals surface area contributed by atoms with E-state index >= 15 is 0 Å². The fraction of sp³-hybridized carbons (Fsp3) is 0.833. The molecule has 1 aliphatic rings. The number of carbonyl (C=O) groups excluding carboxylic acids is 1. The predicted octanol–water partition coefficient (Wildman–Crippen LogP) is 0.555. The summed E-state index contributed by atoms with van der Waals surface area (Å²) >= 11 is 0. The molecular weight excluding hydrogens is 220 g/mol. The van der Waals surface area contributed by atoms with Gasteiger partial charge in [0.2, 0.25) is 5.91 Å². The Hall–Kier alpha value is -1.10. The summed E-state index contributed by atoms with van der Waals surface area (Å²) in [7, 11) is 3.63. The van der Waals surface area contributed by atoms with E-state index in [1.165, 1.54) is 0 Å². The molecule has 0 radical (unpaired) electrons. The van der Waals surface area contributed by atoms with Gasteiger partial charge in [-0.25, -0.2) is 0 Å². The Balaban J connectivity index is 2.47. The van der Waals surface area contributed by atoms with Crippen LogP contribution in [0.2, 0.25) is 0 Å². The molecule has 0 heterocycles. The molecule has 0 aromatic heterocycles. The zero-order valence-corrected chi connectivity index (χ0v) is 10.6. The minimum Gasteiger partial charge on any atom is -0.481 e. The third-order valence-corrected chi connectivity index (χ3v) is 3.45. The summed E-state index contributed by atoms with van der Waals surface area (Å²) in [6.07, 6.45) is 3.09. The first kappa shape index (κ1) is 14.0. The number of carboxylic acid groups (broad SMARTS) is 1. The Morgan fingerprint density at radius 1 is 1.35 bits per heavy atom. The van der Waals surface area contributed by atoms with Crippen molar-refractivity contribution in [3.05, 3.63) is 0 Å². The zero-order valence-electron chi connectivity index (χ0n) is 10.6. The molecule has 0 bridgehead atoms. The number of carboxylic acids is 1. The van der Waals surface area contributed by atoms with E-state index in [0.717, 1.165) is 19.4 Å². The van der Waals surface area contributed by atoms with E-state index in [1.807, 2.05) is 7.05 Å². The van der Waals surface area contributed by atoms with Crippen LogP contribution in [0.3, 0.4) is 0 Å². The number of amides is 1. The lowest BCUT2D eigenvalue weighted by molar-refractivity contribution is -0.148. The molecule has 2 N–H and O–H groups in total. The molecule has 1 amide bonds. The maximum absolute atomic E-state index is 12.1. The van der Waals surface area contributed by atoms with Gasteiger partial charge in [-0.3, -0.25) is 9.59 Å². The van der Waals surface area contributed by atoms with Gasteiger partial charge >= 0.3 is 5.97 Å². The van der Waals surface area contributed by atoms with Crippen LogP contribution in [-0.4, -0.2) is 49.1 Å². The van der Waals surface area contributed by atoms with Crippen LogP contribution in [0.5, 0.6) is 0 Å². The van der Waals surface area contributed by atoms with Gasteiger partial charge in [0.1, 0.15) is 0 Å². The van der Waals surface area contributed by atoms with Crippen LogP contribution in [0.15, 0.2) is 0 Å². The van der Waals surface area contributed by atoms with Crippen molar-refractivity contribution in [3.8, 4) is 0 Å². The number of rotatable bonds is 6. The normalized spacial score (nSPS) is 23.6. The second-order valence-corrected chi connectivity index (χ2v) is 4.70. The highest BCUT2D eigenvalue weighted by molar-refractivity contribution is 5.85. The Morgan fingerprint density at radius 3 is 2.59 bits per heavy atom. The summed E-state index contributed by atoms with van der Waals surface area (Å²) in [4.78, 5) is 24.8. The number of carbonyl (C=O) groups is 2. The topological polar surface area (TPSA) is 69.6 Å². The van der Waals surface area contributed by atoms with Crippen molar-refractivity contribution in [1.29, 1.82) is 0 Å². The molecule has 17 heavy (non-hydrogen) atoms. The van der Waals surface area contributed by atoms with E-state index in [9.17, 15) is 9.59 Å². The molecule has 98 valence electrons. The molecule has 1 saturated carbocycles. The molecule has 1 fully saturated rings. The molecule has 2 unspecified atom stereocenters. The van der Waals surface area contributed by atoms with Crippen molar-refractivity contribution in [3.63, 3.8) is 0 Å². The molecule has 5 heteroatoms. The number of aliphatic carboxylic acids is 1. The first-order chi connectivity index (χ1) is 8.07. The van der Waals surface area contributed by atoms with Crippen LogP contribution >= 0.6 is 0 Å². The Morgan fingerprint density at radius 2 is 2.00 bits per heavy atom. The van der Waals surface area contributed by atoms with Crippen molar-refractivity contribution in [1.82, 2.24) is 10.2 Å². The van der Waals surface area contributed by atoms with E-state index in [0.29, 0.717) is 19.4 Å². The van der Waals surface area contributed by atoms with Crippen molar-refractivity contribution >= 4 is 11.9 Å². The molecule has 1 rings (SSSR count). The summed E-state index contributed by atoms with van der Waals surface area (Å²) in [6.45, 7) is 1.55. The van der Waals surface area contributed by atoms with E-state index in [4.69, 9.17) is 5.11 Å². The van der Waals surface area contributed by atoms with Crippen molar-refractivity contribution in [2.75, 3.05) is 27.2 Å². The average molecular weight is 242 g/mol. The molecule has 0 spiro atoms. The lowest BCUT2D eigenvalue weighted by Crippen LogP contribution is -2.37. The van der Waals surface area contributed by atoms with Crippen LogP contribution in [0.4, 0.5) is 0 Å². The lowest BCUT2D eigenvalue weighted by Gasteiger charge is -2.23. The number of hydrogen-bond acceptors (Lipinski definition) is 3. The van der Waals surface area contributed by atoms with Gasteiger partial charge in [0, 0.05) is 13.6 Å². The highest BCUT2D eigenvalue weighted by Gasteiger charge is 2.38. The van der Waals surface area contributed by atoms with E-state index in [2.05, 4.69) is 5.32 Å². The maximum atomic E-state index is 12.1. The monoisotopic (exact) mass is 242 g/mol. The SMILES string of the molecule is CNCCCN(C)C(=O)C1CCCC1C(=O)O. The van der Waals surface area contributed by atoms with Crippen LogP contribution in [0.25, 0.3) is 0 Å². The van der Waals surface area contributed by atoms with Crippen molar-refractivity contribution in [2.45, 2.75) is 25.7 Å². The Bertz CT molecular complexity index is 281. The van der Waals surface area contributed by atoms with Crippen LogP contribution < -0.4 is 5.32 Å². The number of nitrogens with zero attached hydrogens (tertiary/aromatic N) is 1. The lowest BCUT2D eigenvalue weighted by atomic mass is 9.95. The Kier molecular flexibility index (Phi) is 5.41. The highest BCUT2D eigenvalue weighted by Crippen LogP contribution is 2.33. The molecular formula is C12H22N2O3. The molecule has 2 atom stereocenters. The van der Waals surface area contributed by atoms with Crippen LogP contribution in [0.1, 0.15) is 25.7 Å². The summed E-state index contributed by atoms with van der Waals surface area (Å²) in [6, 6.07) is 0. The minimum atomic E-state index is -0.829. The third kappa shape index (κ3) is 3.70. The second-order valence-electron chi connectivity index (χ2n) is 4.70. The number of hydrogen-bond donors (Lipinski definition) is 2. The minimum absolute atomic E-state index is 0.00833. The van der Waals surface area contributed by atoms with Gasteiger partial charge in [-0.15, -0.1) is 0 Å². The molecule has 0 aromatic rings. The first-order valence-corrected chi connectivity index (χ1v) is 6.20. The average Bonchev–Trinajstić information content (AvgIpc) is 2.77. The maximum Gasteiger partial charge on any atom is 0.307 e. The summed E-state index contributed by atoms with van der Waals surface area (Å²) in [5, 5.41) is 12.1.